The van der Waals surface area contributed by atoms with E-state index >= 15 is 0 Å². The van der Waals surface area contributed by atoms with Gasteiger partial charge in [0, 0.05) is 5.33 Å². The van der Waals surface area contributed by atoms with Crippen LogP contribution in [0.15, 0.2) is 24.3 Å². The molecule has 96 valence electrons. The number of alkyl halides is 1. The lowest BCUT2D eigenvalue weighted by molar-refractivity contribution is 0.332. The molecule has 0 aliphatic heterocycles. The molecular weight excluding hydrogens is 272 g/mol. The van der Waals surface area contributed by atoms with Crippen LogP contribution in [0.4, 0.5) is 0 Å². The van der Waals surface area contributed by atoms with Crippen LogP contribution in [0.5, 0.6) is 0 Å². The van der Waals surface area contributed by atoms with Crippen molar-refractivity contribution in [2.45, 2.75) is 47.0 Å². The van der Waals surface area contributed by atoms with Crippen LogP contribution in [0.2, 0.25) is 0 Å². The van der Waals surface area contributed by atoms with Crippen molar-refractivity contribution in [3.63, 3.8) is 0 Å². The maximum Gasteiger partial charge on any atom is 0.00628 e. The van der Waals surface area contributed by atoms with Gasteiger partial charge in [-0.15, -0.1) is 0 Å². The van der Waals surface area contributed by atoms with Gasteiger partial charge in [-0.3, -0.25) is 0 Å². The topological polar surface area (TPSA) is 0 Å². The van der Waals surface area contributed by atoms with Crippen LogP contribution < -0.4 is 0 Å². The third-order valence-electron chi connectivity index (χ3n) is 3.13. The molecule has 0 nitrogen and oxygen atoms in total. The van der Waals surface area contributed by atoms with Crippen molar-refractivity contribution in [2.75, 3.05) is 5.33 Å². The van der Waals surface area contributed by atoms with E-state index in [-0.39, 0.29) is 0 Å². The lowest BCUT2D eigenvalue weighted by Gasteiger charge is -2.22. The summed E-state index contributed by atoms with van der Waals surface area (Å²) in [4.78, 5) is 0. The maximum absolute atomic E-state index is 3.66. The van der Waals surface area contributed by atoms with E-state index < -0.39 is 0 Å². The van der Waals surface area contributed by atoms with Gasteiger partial charge >= 0.3 is 0 Å². The van der Waals surface area contributed by atoms with Crippen LogP contribution in [-0.4, -0.2) is 5.33 Å². The van der Waals surface area contributed by atoms with Gasteiger partial charge < -0.3 is 0 Å². The zero-order valence-electron chi connectivity index (χ0n) is 11.6. The van der Waals surface area contributed by atoms with Gasteiger partial charge in [0.05, 0.1) is 0 Å². The van der Waals surface area contributed by atoms with Gasteiger partial charge in [0.15, 0.2) is 0 Å². The van der Waals surface area contributed by atoms with E-state index in [0.717, 1.165) is 11.2 Å². The Morgan fingerprint density at radius 3 is 2.47 bits per heavy atom. The summed E-state index contributed by atoms with van der Waals surface area (Å²) in [6.45, 7) is 9.14. The second-order valence-corrected chi connectivity index (χ2v) is 6.96. The molecule has 1 aromatic rings. The first-order valence-corrected chi connectivity index (χ1v) is 7.64. The largest absolute Gasteiger partial charge is 0.0925 e. The second kappa shape index (κ2) is 6.58. The van der Waals surface area contributed by atoms with Crippen LogP contribution >= 0.6 is 15.9 Å². The molecule has 1 aromatic carbocycles. The zero-order valence-corrected chi connectivity index (χ0v) is 13.2. The summed E-state index contributed by atoms with van der Waals surface area (Å²) in [5.74, 6) is 0.760. The zero-order chi connectivity index (χ0) is 12.9. The molecule has 17 heavy (non-hydrogen) atoms. The molecule has 1 heteroatoms. The SMILES string of the molecule is Cc1cccc(CC(CBr)CCC(C)(C)C)c1. The minimum absolute atomic E-state index is 0.451. The van der Waals surface area contributed by atoms with Crippen LogP contribution in [0, 0.1) is 18.3 Å². The summed E-state index contributed by atoms with van der Waals surface area (Å²) < 4.78 is 0. The van der Waals surface area contributed by atoms with Crippen molar-refractivity contribution in [1.29, 1.82) is 0 Å². The Balaban J connectivity index is 2.52. The molecule has 0 aliphatic rings. The minimum Gasteiger partial charge on any atom is -0.0925 e. The molecule has 0 saturated carbocycles. The fourth-order valence-electron chi connectivity index (χ4n) is 2.04. The van der Waals surface area contributed by atoms with Gasteiger partial charge in [-0.25, -0.2) is 0 Å². The van der Waals surface area contributed by atoms with Crippen molar-refractivity contribution in [3.8, 4) is 0 Å². The Bertz CT molecular complexity index is 336. The summed E-state index contributed by atoms with van der Waals surface area (Å²) in [6, 6.07) is 8.90. The summed E-state index contributed by atoms with van der Waals surface area (Å²) in [5.41, 5.74) is 3.29. The molecule has 0 amide bonds. The molecule has 1 unspecified atom stereocenters. The molecular formula is C16H25Br. The van der Waals surface area contributed by atoms with E-state index in [4.69, 9.17) is 0 Å². The van der Waals surface area contributed by atoms with Crippen molar-refractivity contribution in [1.82, 2.24) is 0 Å². The number of aryl methyl sites for hydroxylation is 1. The highest BCUT2D eigenvalue weighted by atomic mass is 79.9. The average Bonchev–Trinajstić information content (AvgIpc) is 2.23. The normalized spacial score (nSPS) is 13.7. The third-order valence-corrected chi connectivity index (χ3v) is 4.04. The van der Waals surface area contributed by atoms with Crippen molar-refractivity contribution in [3.05, 3.63) is 35.4 Å². The van der Waals surface area contributed by atoms with Gasteiger partial charge in [0.25, 0.3) is 0 Å². The Morgan fingerprint density at radius 2 is 1.94 bits per heavy atom. The van der Waals surface area contributed by atoms with Crippen molar-refractivity contribution < 1.29 is 0 Å². The molecule has 0 N–H and O–H groups in total. The monoisotopic (exact) mass is 296 g/mol. The number of hydrogen-bond acceptors (Lipinski definition) is 0. The summed E-state index contributed by atoms with van der Waals surface area (Å²) in [6.07, 6.45) is 3.81. The van der Waals surface area contributed by atoms with Gasteiger partial charge in [0.1, 0.15) is 0 Å². The van der Waals surface area contributed by atoms with E-state index in [9.17, 15) is 0 Å². The third kappa shape index (κ3) is 6.26. The number of benzene rings is 1. The number of rotatable bonds is 5. The minimum atomic E-state index is 0.451. The Morgan fingerprint density at radius 1 is 1.24 bits per heavy atom. The second-order valence-electron chi connectivity index (χ2n) is 6.31. The highest BCUT2D eigenvalue weighted by Crippen LogP contribution is 2.26. The highest BCUT2D eigenvalue weighted by molar-refractivity contribution is 9.09. The first-order chi connectivity index (χ1) is 7.90. The van der Waals surface area contributed by atoms with E-state index in [2.05, 4.69) is 67.9 Å². The predicted octanol–water partition coefficient (Wildman–Crippen LogP) is 5.37. The summed E-state index contributed by atoms with van der Waals surface area (Å²) >= 11 is 3.66. The number of hydrogen-bond donors (Lipinski definition) is 0. The molecule has 0 saturated heterocycles. The van der Waals surface area contributed by atoms with E-state index in [1.54, 1.807) is 0 Å². The standard InChI is InChI=1S/C16H25Br/c1-13-6-5-7-14(10-13)11-15(12-17)8-9-16(2,3)4/h5-7,10,15H,8-9,11-12H2,1-4H3. The van der Waals surface area contributed by atoms with E-state index in [1.165, 1.54) is 30.4 Å². The Kier molecular flexibility index (Phi) is 5.72. The van der Waals surface area contributed by atoms with Crippen LogP contribution in [-0.2, 0) is 6.42 Å². The molecule has 1 rings (SSSR count). The van der Waals surface area contributed by atoms with Gasteiger partial charge in [-0.05, 0) is 43.1 Å². The van der Waals surface area contributed by atoms with Crippen LogP contribution in [0.25, 0.3) is 0 Å². The summed E-state index contributed by atoms with van der Waals surface area (Å²) in [7, 11) is 0. The average molecular weight is 297 g/mol. The van der Waals surface area contributed by atoms with Gasteiger partial charge in [-0.2, -0.15) is 0 Å². The fourth-order valence-corrected chi connectivity index (χ4v) is 2.60. The lowest BCUT2D eigenvalue weighted by Crippen LogP contribution is -2.12. The highest BCUT2D eigenvalue weighted by Gasteiger charge is 2.15. The van der Waals surface area contributed by atoms with E-state index in [1.807, 2.05) is 0 Å². The molecule has 0 radical (unpaired) electrons. The smallest absolute Gasteiger partial charge is 0.00628 e. The van der Waals surface area contributed by atoms with Gasteiger partial charge in [0.2, 0.25) is 0 Å². The fraction of sp³-hybridized carbons (Fsp3) is 0.625. The first-order valence-electron chi connectivity index (χ1n) is 6.52. The predicted molar refractivity (Wildman–Crippen MR) is 80.9 cm³/mol. The summed E-state index contributed by atoms with van der Waals surface area (Å²) in [5, 5.41) is 1.11. The molecule has 1 atom stereocenters. The Hall–Kier alpha value is -0.300. The van der Waals surface area contributed by atoms with Crippen molar-refractivity contribution in [2.24, 2.45) is 11.3 Å². The quantitative estimate of drug-likeness (QED) is 0.640. The molecule has 0 heterocycles. The first kappa shape index (κ1) is 14.8. The number of halogens is 1. The molecule has 0 spiro atoms. The Labute approximate surface area is 115 Å². The molecule has 0 bridgehead atoms. The molecule has 0 aliphatic carbocycles. The van der Waals surface area contributed by atoms with Crippen molar-refractivity contribution >= 4 is 15.9 Å². The van der Waals surface area contributed by atoms with Gasteiger partial charge in [-0.1, -0.05) is 66.5 Å². The van der Waals surface area contributed by atoms with Crippen LogP contribution in [0.3, 0.4) is 0 Å². The lowest BCUT2D eigenvalue weighted by atomic mass is 9.85. The van der Waals surface area contributed by atoms with E-state index in [0.29, 0.717) is 5.41 Å². The molecule has 0 fully saturated rings. The van der Waals surface area contributed by atoms with Crippen LogP contribution in [0.1, 0.15) is 44.7 Å². The maximum atomic E-state index is 3.66. The molecule has 0 aromatic heterocycles.